The van der Waals surface area contributed by atoms with Crippen LogP contribution in [0, 0.1) is 12.8 Å². The third kappa shape index (κ3) is 3.38. The molecule has 0 N–H and O–H groups in total. The molecule has 2 aliphatic heterocycles. The molecule has 2 aliphatic rings. The molecule has 2 fully saturated rings. The van der Waals surface area contributed by atoms with E-state index in [1.54, 1.807) is 6.07 Å². The summed E-state index contributed by atoms with van der Waals surface area (Å²) in [5.74, 6) is 1.39. The van der Waals surface area contributed by atoms with E-state index in [9.17, 15) is 4.79 Å². The maximum absolute atomic E-state index is 12.7. The van der Waals surface area contributed by atoms with Crippen LogP contribution >= 0.6 is 0 Å². The minimum absolute atomic E-state index is 0.0342. The Morgan fingerprint density at radius 2 is 1.86 bits per heavy atom. The molecule has 0 unspecified atom stereocenters. The number of likely N-dealkylation sites (tertiary alicyclic amines) is 1. The Bertz CT molecular complexity index is 535. The second kappa shape index (κ2) is 6.60. The standard InChI is InChI=1S/C16H24N4O2/c1-12-3-5-19(6-4-12)15(21)14-11-13(2)17-16(18-14)20-7-9-22-10-8-20/h11-12H,3-10H2,1-2H3. The van der Waals surface area contributed by atoms with Gasteiger partial charge in [-0.25, -0.2) is 9.97 Å². The second-order valence-corrected chi connectivity index (χ2v) is 6.27. The minimum Gasteiger partial charge on any atom is -0.378 e. The van der Waals surface area contributed by atoms with Gasteiger partial charge in [0.05, 0.1) is 13.2 Å². The van der Waals surface area contributed by atoms with Gasteiger partial charge in [0.1, 0.15) is 5.69 Å². The summed E-state index contributed by atoms with van der Waals surface area (Å²) in [5, 5.41) is 0. The van der Waals surface area contributed by atoms with Crippen molar-refractivity contribution in [3.63, 3.8) is 0 Å². The van der Waals surface area contributed by atoms with Gasteiger partial charge in [0, 0.05) is 31.9 Å². The first-order chi connectivity index (χ1) is 10.6. The SMILES string of the molecule is Cc1cc(C(=O)N2CCC(C)CC2)nc(N2CCOCC2)n1. The molecule has 6 heteroatoms. The number of nitrogens with zero attached hydrogens (tertiary/aromatic N) is 4. The third-order valence-electron chi connectivity index (χ3n) is 4.43. The number of amides is 1. The molecule has 1 aromatic heterocycles. The molecule has 0 bridgehead atoms. The van der Waals surface area contributed by atoms with E-state index in [1.807, 2.05) is 11.8 Å². The molecule has 0 radical (unpaired) electrons. The zero-order chi connectivity index (χ0) is 15.5. The van der Waals surface area contributed by atoms with E-state index in [4.69, 9.17) is 4.74 Å². The van der Waals surface area contributed by atoms with E-state index in [2.05, 4.69) is 21.8 Å². The Morgan fingerprint density at radius 3 is 2.55 bits per heavy atom. The molecule has 22 heavy (non-hydrogen) atoms. The summed E-state index contributed by atoms with van der Waals surface area (Å²) >= 11 is 0. The highest BCUT2D eigenvalue weighted by atomic mass is 16.5. The fourth-order valence-corrected chi connectivity index (χ4v) is 2.94. The van der Waals surface area contributed by atoms with Crippen molar-refractivity contribution in [3.8, 4) is 0 Å². The van der Waals surface area contributed by atoms with Gasteiger partial charge in [0.2, 0.25) is 5.95 Å². The van der Waals surface area contributed by atoms with Gasteiger partial charge in [-0.15, -0.1) is 0 Å². The van der Waals surface area contributed by atoms with Crippen LogP contribution in [0.3, 0.4) is 0 Å². The van der Waals surface area contributed by atoms with Gasteiger partial charge in [0.25, 0.3) is 5.91 Å². The highest BCUT2D eigenvalue weighted by Gasteiger charge is 2.24. The number of aryl methyl sites for hydroxylation is 1. The van der Waals surface area contributed by atoms with Crippen molar-refractivity contribution in [3.05, 3.63) is 17.5 Å². The lowest BCUT2D eigenvalue weighted by molar-refractivity contribution is 0.0691. The van der Waals surface area contributed by atoms with Crippen molar-refractivity contribution in [1.82, 2.24) is 14.9 Å². The fraction of sp³-hybridized carbons (Fsp3) is 0.688. The molecule has 2 saturated heterocycles. The number of anilines is 1. The van der Waals surface area contributed by atoms with Crippen molar-refractivity contribution >= 4 is 11.9 Å². The zero-order valence-corrected chi connectivity index (χ0v) is 13.4. The lowest BCUT2D eigenvalue weighted by Crippen LogP contribution is -2.40. The highest BCUT2D eigenvalue weighted by molar-refractivity contribution is 5.92. The molecular formula is C16H24N4O2. The van der Waals surface area contributed by atoms with Crippen molar-refractivity contribution in [1.29, 1.82) is 0 Å². The first-order valence-corrected chi connectivity index (χ1v) is 8.11. The van der Waals surface area contributed by atoms with Crippen LogP contribution in [0.15, 0.2) is 6.07 Å². The molecular weight excluding hydrogens is 280 g/mol. The molecule has 3 heterocycles. The topological polar surface area (TPSA) is 58.6 Å². The van der Waals surface area contributed by atoms with Crippen LogP contribution in [-0.2, 0) is 4.74 Å². The summed E-state index contributed by atoms with van der Waals surface area (Å²) in [5.41, 5.74) is 1.36. The smallest absolute Gasteiger partial charge is 0.272 e. The minimum atomic E-state index is 0.0342. The summed E-state index contributed by atoms with van der Waals surface area (Å²) < 4.78 is 5.36. The Labute approximate surface area is 131 Å². The largest absolute Gasteiger partial charge is 0.378 e. The molecule has 6 nitrogen and oxygen atoms in total. The number of hydrogen-bond acceptors (Lipinski definition) is 5. The van der Waals surface area contributed by atoms with Gasteiger partial charge in [-0.2, -0.15) is 0 Å². The first kappa shape index (κ1) is 15.2. The van der Waals surface area contributed by atoms with Crippen LogP contribution in [0.4, 0.5) is 5.95 Å². The second-order valence-electron chi connectivity index (χ2n) is 6.27. The van der Waals surface area contributed by atoms with E-state index in [-0.39, 0.29) is 5.91 Å². The quantitative estimate of drug-likeness (QED) is 0.828. The summed E-state index contributed by atoms with van der Waals surface area (Å²) in [6, 6.07) is 1.80. The van der Waals surface area contributed by atoms with Gasteiger partial charge < -0.3 is 14.5 Å². The van der Waals surface area contributed by atoms with E-state index in [0.29, 0.717) is 30.8 Å². The van der Waals surface area contributed by atoms with Gasteiger partial charge in [-0.3, -0.25) is 4.79 Å². The van der Waals surface area contributed by atoms with Crippen molar-refractivity contribution < 1.29 is 9.53 Å². The maximum atomic E-state index is 12.7. The Kier molecular flexibility index (Phi) is 4.57. The Morgan fingerprint density at radius 1 is 1.18 bits per heavy atom. The summed E-state index contributed by atoms with van der Waals surface area (Å²) in [7, 11) is 0. The summed E-state index contributed by atoms with van der Waals surface area (Å²) in [4.78, 5) is 25.7. The number of carbonyl (C=O) groups is 1. The number of hydrogen-bond donors (Lipinski definition) is 0. The number of aromatic nitrogens is 2. The summed E-state index contributed by atoms with van der Waals surface area (Å²) in [6.45, 7) is 8.74. The van der Waals surface area contributed by atoms with E-state index in [1.165, 1.54) is 0 Å². The summed E-state index contributed by atoms with van der Waals surface area (Å²) in [6.07, 6.45) is 2.15. The van der Waals surface area contributed by atoms with E-state index >= 15 is 0 Å². The molecule has 0 aromatic carbocycles. The molecule has 3 rings (SSSR count). The van der Waals surface area contributed by atoms with Gasteiger partial charge in [-0.05, 0) is 31.7 Å². The van der Waals surface area contributed by atoms with Crippen LogP contribution in [0.5, 0.6) is 0 Å². The number of morpholine rings is 1. The number of ether oxygens (including phenoxy) is 1. The van der Waals surface area contributed by atoms with Crippen LogP contribution in [-0.4, -0.2) is 60.2 Å². The number of piperidine rings is 1. The molecule has 0 atom stereocenters. The van der Waals surface area contributed by atoms with Crippen LogP contribution < -0.4 is 4.90 Å². The fourth-order valence-electron chi connectivity index (χ4n) is 2.94. The highest BCUT2D eigenvalue weighted by Crippen LogP contribution is 2.19. The molecule has 0 aliphatic carbocycles. The molecule has 0 saturated carbocycles. The zero-order valence-electron chi connectivity index (χ0n) is 13.4. The average Bonchev–Trinajstić information content (AvgIpc) is 2.55. The lowest BCUT2D eigenvalue weighted by atomic mass is 9.99. The molecule has 0 spiro atoms. The maximum Gasteiger partial charge on any atom is 0.272 e. The normalized spacial score (nSPS) is 20.3. The van der Waals surface area contributed by atoms with Crippen LogP contribution in [0.25, 0.3) is 0 Å². The van der Waals surface area contributed by atoms with Gasteiger partial charge in [-0.1, -0.05) is 6.92 Å². The van der Waals surface area contributed by atoms with Crippen molar-refractivity contribution in [2.45, 2.75) is 26.7 Å². The third-order valence-corrected chi connectivity index (χ3v) is 4.43. The predicted molar refractivity (Wildman–Crippen MR) is 84.1 cm³/mol. The van der Waals surface area contributed by atoms with Gasteiger partial charge in [0.15, 0.2) is 0 Å². The van der Waals surface area contributed by atoms with Crippen LogP contribution in [0.2, 0.25) is 0 Å². The average molecular weight is 304 g/mol. The Balaban J connectivity index is 1.78. The van der Waals surface area contributed by atoms with E-state index in [0.717, 1.165) is 44.7 Å². The Hall–Kier alpha value is -1.69. The monoisotopic (exact) mass is 304 g/mol. The van der Waals surface area contributed by atoms with Crippen molar-refractivity contribution in [2.24, 2.45) is 5.92 Å². The van der Waals surface area contributed by atoms with Crippen molar-refractivity contribution in [2.75, 3.05) is 44.3 Å². The van der Waals surface area contributed by atoms with Crippen LogP contribution in [0.1, 0.15) is 35.9 Å². The first-order valence-electron chi connectivity index (χ1n) is 8.11. The van der Waals surface area contributed by atoms with Gasteiger partial charge >= 0.3 is 0 Å². The molecule has 120 valence electrons. The number of rotatable bonds is 2. The molecule has 1 amide bonds. The predicted octanol–water partition coefficient (Wildman–Crippen LogP) is 1.49. The number of carbonyl (C=O) groups excluding carboxylic acids is 1. The lowest BCUT2D eigenvalue weighted by Gasteiger charge is -2.31. The molecule has 1 aromatic rings. The van der Waals surface area contributed by atoms with E-state index < -0.39 is 0 Å².